The Morgan fingerprint density at radius 3 is 2.46 bits per heavy atom. The van der Waals surface area contributed by atoms with Gasteiger partial charge < -0.3 is 10.6 Å². The fraction of sp³-hybridized carbons (Fsp3) is 0.529. The molecule has 0 radical (unpaired) electrons. The van der Waals surface area contributed by atoms with Crippen molar-refractivity contribution >= 4 is 29.1 Å². The Balaban J connectivity index is 2.18. The van der Waals surface area contributed by atoms with Gasteiger partial charge in [-0.25, -0.2) is 0 Å². The van der Waals surface area contributed by atoms with Gasteiger partial charge in [-0.1, -0.05) is 25.4 Å². The monoisotopic (exact) mass is 380 g/mol. The maximum Gasteiger partial charge on any atom is 0.273 e. The van der Waals surface area contributed by atoms with E-state index in [4.69, 9.17) is 11.6 Å². The predicted octanol–water partition coefficient (Wildman–Crippen LogP) is 2.65. The number of rotatable bonds is 7. The van der Waals surface area contributed by atoms with E-state index in [1.165, 1.54) is 4.68 Å². The van der Waals surface area contributed by atoms with Crippen LogP contribution in [0.1, 0.15) is 49.9 Å². The summed E-state index contributed by atoms with van der Waals surface area (Å²) in [4.78, 5) is 25.0. The van der Waals surface area contributed by atoms with Crippen molar-refractivity contribution in [3.8, 4) is 0 Å². The molecule has 142 valence electrons. The van der Waals surface area contributed by atoms with Crippen molar-refractivity contribution in [2.75, 3.05) is 11.9 Å². The molecular weight excluding hydrogens is 356 g/mol. The lowest BCUT2D eigenvalue weighted by Gasteiger charge is -2.13. The lowest BCUT2D eigenvalue weighted by Crippen LogP contribution is -2.29. The van der Waals surface area contributed by atoms with Crippen molar-refractivity contribution in [3.63, 3.8) is 0 Å². The summed E-state index contributed by atoms with van der Waals surface area (Å²) in [7, 11) is 0. The van der Waals surface area contributed by atoms with Gasteiger partial charge in [0, 0.05) is 25.5 Å². The van der Waals surface area contributed by atoms with Crippen molar-refractivity contribution in [2.24, 2.45) is 5.92 Å². The number of hydrogen-bond donors (Lipinski definition) is 2. The third-order valence-corrected chi connectivity index (χ3v) is 4.23. The molecule has 2 N–H and O–H groups in total. The molecular formula is C17H25ClN6O2. The van der Waals surface area contributed by atoms with Crippen LogP contribution in [0.3, 0.4) is 0 Å². The topological polar surface area (TPSA) is 93.8 Å². The van der Waals surface area contributed by atoms with E-state index < -0.39 is 6.04 Å². The van der Waals surface area contributed by atoms with E-state index in [-0.39, 0.29) is 17.5 Å². The Morgan fingerprint density at radius 1 is 1.23 bits per heavy atom. The number of carbonyl (C=O) groups excluding carboxylic acids is 2. The number of halogens is 1. The number of nitrogens with one attached hydrogen (secondary N) is 2. The first-order chi connectivity index (χ1) is 12.2. The normalized spacial score (nSPS) is 12.3. The standard InChI is InChI=1S/C17H25ClN6O2/c1-6-23-9-14(15(22-23)17(26)19-7-10(2)3)20-16(25)12(5)24-8-13(18)11(4)21-24/h8-10,12H,6-7H2,1-5H3,(H,19,26)(H,20,25). The van der Waals surface area contributed by atoms with Crippen LogP contribution in [0.25, 0.3) is 0 Å². The number of hydrogen-bond acceptors (Lipinski definition) is 4. The van der Waals surface area contributed by atoms with Gasteiger partial charge in [0.1, 0.15) is 6.04 Å². The molecule has 0 aliphatic rings. The lowest BCUT2D eigenvalue weighted by molar-refractivity contribution is -0.119. The van der Waals surface area contributed by atoms with Crippen molar-refractivity contribution < 1.29 is 9.59 Å². The second-order valence-corrected chi connectivity index (χ2v) is 6.97. The Kier molecular flexibility index (Phi) is 6.42. The van der Waals surface area contributed by atoms with Crippen molar-refractivity contribution in [1.29, 1.82) is 0 Å². The molecule has 2 heterocycles. The summed E-state index contributed by atoms with van der Waals surface area (Å²) in [6.07, 6.45) is 3.25. The molecule has 0 spiro atoms. The fourth-order valence-electron chi connectivity index (χ4n) is 2.24. The third-order valence-electron chi connectivity index (χ3n) is 3.86. The number of carbonyl (C=O) groups is 2. The predicted molar refractivity (Wildman–Crippen MR) is 100 cm³/mol. The minimum Gasteiger partial charge on any atom is -0.350 e. The molecule has 8 nitrogen and oxygen atoms in total. The molecule has 2 rings (SSSR count). The van der Waals surface area contributed by atoms with E-state index in [9.17, 15) is 9.59 Å². The minimum atomic E-state index is -0.585. The van der Waals surface area contributed by atoms with Crippen molar-refractivity contribution in [1.82, 2.24) is 24.9 Å². The first-order valence-electron chi connectivity index (χ1n) is 8.60. The van der Waals surface area contributed by atoms with Gasteiger partial charge in [0.2, 0.25) is 5.91 Å². The zero-order chi connectivity index (χ0) is 19.4. The SMILES string of the molecule is CCn1cc(NC(=O)C(C)n2cc(Cl)c(C)n2)c(C(=O)NCC(C)C)n1. The number of nitrogens with zero attached hydrogens (tertiary/aromatic N) is 4. The highest BCUT2D eigenvalue weighted by molar-refractivity contribution is 6.31. The Bertz CT molecular complexity index is 776. The molecule has 1 unspecified atom stereocenters. The summed E-state index contributed by atoms with van der Waals surface area (Å²) in [5.41, 5.74) is 1.22. The summed E-state index contributed by atoms with van der Waals surface area (Å²) >= 11 is 6.01. The van der Waals surface area contributed by atoms with Gasteiger partial charge in [-0.3, -0.25) is 19.0 Å². The highest BCUT2D eigenvalue weighted by Crippen LogP contribution is 2.19. The van der Waals surface area contributed by atoms with Gasteiger partial charge in [-0.05, 0) is 26.7 Å². The molecule has 0 aliphatic heterocycles. The van der Waals surface area contributed by atoms with Crippen LogP contribution in [0.4, 0.5) is 5.69 Å². The van der Waals surface area contributed by atoms with E-state index >= 15 is 0 Å². The quantitative estimate of drug-likeness (QED) is 0.772. The van der Waals surface area contributed by atoms with E-state index in [0.717, 1.165) is 0 Å². The molecule has 0 saturated heterocycles. The van der Waals surface area contributed by atoms with Crippen LogP contribution in [0, 0.1) is 12.8 Å². The van der Waals surface area contributed by atoms with Gasteiger partial charge >= 0.3 is 0 Å². The smallest absolute Gasteiger partial charge is 0.273 e. The van der Waals surface area contributed by atoms with Crippen LogP contribution in [0.2, 0.25) is 5.02 Å². The van der Waals surface area contributed by atoms with Gasteiger partial charge in [0.05, 0.1) is 16.4 Å². The average Bonchev–Trinajstić information content (AvgIpc) is 3.15. The molecule has 2 amide bonds. The van der Waals surface area contributed by atoms with Gasteiger partial charge in [-0.2, -0.15) is 10.2 Å². The Labute approximate surface area is 157 Å². The summed E-state index contributed by atoms with van der Waals surface area (Å²) < 4.78 is 3.11. The molecule has 2 aromatic heterocycles. The molecule has 0 saturated carbocycles. The molecule has 9 heteroatoms. The number of anilines is 1. The Hall–Kier alpha value is -2.35. The minimum absolute atomic E-state index is 0.197. The van der Waals surface area contributed by atoms with Crippen LogP contribution in [0.15, 0.2) is 12.4 Å². The maximum absolute atomic E-state index is 12.6. The van der Waals surface area contributed by atoms with E-state index in [0.29, 0.717) is 35.4 Å². The Morgan fingerprint density at radius 2 is 1.92 bits per heavy atom. The van der Waals surface area contributed by atoms with Crippen LogP contribution < -0.4 is 10.6 Å². The fourth-order valence-corrected chi connectivity index (χ4v) is 2.38. The summed E-state index contributed by atoms with van der Waals surface area (Å²) in [5, 5.41) is 14.6. The molecule has 0 bridgehead atoms. The zero-order valence-electron chi connectivity index (χ0n) is 15.7. The summed E-state index contributed by atoms with van der Waals surface area (Å²) in [6.45, 7) is 10.5. The van der Waals surface area contributed by atoms with Gasteiger partial charge in [0.15, 0.2) is 5.69 Å². The molecule has 2 aromatic rings. The summed E-state index contributed by atoms with van der Waals surface area (Å²) in [5.74, 6) is -0.303. The van der Waals surface area contributed by atoms with E-state index in [1.807, 2.05) is 20.8 Å². The maximum atomic E-state index is 12.6. The highest BCUT2D eigenvalue weighted by atomic mass is 35.5. The first kappa shape index (κ1) is 20.0. The van der Waals surface area contributed by atoms with Crippen molar-refractivity contribution in [3.05, 3.63) is 28.8 Å². The average molecular weight is 381 g/mol. The third kappa shape index (κ3) is 4.63. The second kappa shape index (κ2) is 8.35. The van der Waals surface area contributed by atoms with E-state index in [1.54, 1.807) is 30.9 Å². The number of aryl methyl sites for hydroxylation is 2. The van der Waals surface area contributed by atoms with Gasteiger partial charge in [0.25, 0.3) is 5.91 Å². The van der Waals surface area contributed by atoms with Crippen LogP contribution in [0.5, 0.6) is 0 Å². The number of amides is 2. The van der Waals surface area contributed by atoms with Crippen LogP contribution in [-0.2, 0) is 11.3 Å². The number of aromatic nitrogens is 4. The largest absolute Gasteiger partial charge is 0.350 e. The lowest BCUT2D eigenvalue weighted by atomic mass is 10.2. The second-order valence-electron chi connectivity index (χ2n) is 6.56. The highest BCUT2D eigenvalue weighted by Gasteiger charge is 2.22. The molecule has 26 heavy (non-hydrogen) atoms. The van der Waals surface area contributed by atoms with Gasteiger partial charge in [-0.15, -0.1) is 0 Å². The summed E-state index contributed by atoms with van der Waals surface area (Å²) in [6, 6.07) is -0.585. The molecule has 0 aromatic carbocycles. The molecule has 0 aliphatic carbocycles. The van der Waals surface area contributed by atoms with E-state index in [2.05, 4.69) is 20.8 Å². The molecule has 0 fully saturated rings. The first-order valence-corrected chi connectivity index (χ1v) is 8.98. The van der Waals surface area contributed by atoms with Crippen LogP contribution in [-0.4, -0.2) is 37.9 Å². The van der Waals surface area contributed by atoms with Crippen LogP contribution >= 0.6 is 11.6 Å². The zero-order valence-corrected chi connectivity index (χ0v) is 16.5. The van der Waals surface area contributed by atoms with Crippen molar-refractivity contribution in [2.45, 2.75) is 47.2 Å². The molecule has 1 atom stereocenters.